The summed E-state index contributed by atoms with van der Waals surface area (Å²) in [4.78, 5) is 20.7. The van der Waals surface area contributed by atoms with Crippen LogP contribution in [0.2, 0.25) is 0 Å². The van der Waals surface area contributed by atoms with Crippen molar-refractivity contribution in [3.8, 4) is 5.75 Å². The van der Waals surface area contributed by atoms with E-state index in [1.165, 1.54) is 6.07 Å². The summed E-state index contributed by atoms with van der Waals surface area (Å²) in [6.45, 7) is 3.01. The van der Waals surface area contributed by atoms with Gasteiger partial charge in [-0.15, -0.1) is 0 Å². The first kappa shape index (κ1) is 13.9. The van der Waals surface area contributed by atoms with Gasteiger partial charge in [-0.2, -0.15) is 0 Å². The maximum Gasteiger partial charge on any atom is 0.342 e. The summed E-state index contributed by atoms with van der Waals surface area (Å²) in [5, 5.41) is 19.5. The van der Waals surface area contributed by atoms with Gasteiger partial charge in [0.05, 0.1) is 17.6 Å². The third kappa shape index (κ3) is 3.70. The molecule has 98 valence electrons. The van der Waals surface area contributed by atoms with E-state index in [1.54, 1.807) is 0 Å². The van der Waals surface area contributed by atoms with E-state index in [0.29, 0.717) is 13.2 Å². The van der Waals surface area contributed by atoms with Crippen molar-refractivity contribution in [2.24, 2.45) is 0 Å². The molecule has 0 aliphatic carbocycles. The highest BCUT2D eigenvalue weighted by molar-refractivity contribution is 5.92. The van der Waals surface area contributed by atoms with E-state index in [9.17, 15) is 14.9 Å². The predicted octanol–water partition coefficient (Wildman–Crippen LogP) is 1.71. The third-order valence-electron chi connectivity index (χ3n) is 2.10. The molecule has 7 nitrogen and oxygen atoms in total. The standard InChI is InChI=1S/C11H13NO6/c1-2-17-5-6-18-8-3-4-9(11(13)14)10(7-8)12(15)16/h3-4,7H,2,5-6H2,1H3,(H,13,14). The fourth-order valence-corrected chi connectivity index (χ4v) is 1.30. The molecule has 0 saturated heterocycles. The summed E-state index contributed by atoms with van der Waals surface area (Å²) in [5.41, 5.74) is -0.853. The highest BCUT2D eigenvalue weighted by atomic mass is 16.6. The molecule has 0 unspecified atom stereocenters. The predicted molar refractivity (Wildman–Crippen MR) is 62.0 cm³/mol. The highest BCUT2D eigenvalue weighted by Crippen LogP contribution is 2.24. The van der Waals surface area contributed by atoms with Crippen LogP contribution < -0.4 is 4.74 Å². The van der Waals surface area contributed by atoms with Gasteiger partial charge in [-0.25, -0.2) is 4.79 Å². The van der Waals surface area contributed by atoms with Gasteiger partial charge >= 0.3 is 5.97 Å². The molecule has 18 heavy (non-hydrogen) atoms. The lowest BCUT2D eigenvalue weighted by Crippen LogP contribution is -2.07. The van der Waals surface area contributed by atoms with Gasteiger partial charge in [-0.1, -0.05) is 0 Å². The topological polar surface area (TPSA) is 98.9 Å². The number of carbonyl (C=O) groups is 1. The average molecular weight is 255 g/mol. The van der Waals surface area contributed by atoms with Crippen LogP contribution in [0.15, 0.2) is 18.2 Å². The van der Waals surface area contributed by atoms with Crippen LogP contribution in [0.25, 0.3) is 0 Å². The Morgan fingerprint density at radius 3 is 2.72 bits per heavy atom. The molecule has 0 saturated carbocycles. The average Bonchev–Trinajstić information content (AvgIpc) is 2.34. The molecule has 0 amide bonds. The van der Waals surface area contributed by atoms with E-state index in [4.69, 9.17) is 14.6 Å². The Morgan fingerprint density at radius 1 is 1.44 bits per heavy atom. The Labute approximate surface area is 103 Å². The zero-order chi connectivity index (χ0) is 13.5. The van der Waals surface area contributed by atoms with Gasteiger partial charge in [-0.3, -0.25) is 10.1 Å². The first-order chi connectivity index (χ1) is 8.56. The number of hydrogen-bond acceptors (Lipinski definition) is 5. The minimum atomic E-state index is -1.34. The lowest BCUT2D eigenvalue weighted by Gasteiger charge is -2.06. The Balaban J connectivity index is 2.80. The van der Waals surface area contributed by atoms with Gasteiger partial charge in [0.15, 0.2) is 0 Å². The number of aromatic carboxylic acids is 1. The summed E-state index contributed by atoms with van der Waals surface area (Å²) < 4.78 is 10.3. The fourth-order valence-electron chi connectivity index (χ4n) is 1.30. The number of nitrogens with zero attached hydrogens (tertiary/aromatic N) is 1. The lowest BCUT2D eigenvalue weighted by atomic mass is 10.2. The van der Waals surface area contributed by atoms with Crippen molar-refractivity contribution >= 4 is 11.7 Å². The van der Waals surface area contributed by atoms with Crippen molar-refractivity contribution in [2.75, 3.05) is 19.8 Å². The molecule has 0 atom stereocenters. The number of nitro groups is 1. The van der Waals surface area contributed by atoms with Crippen LogP contribution >= 0.6 is 0 Å². The second-order valence-corrected chi connectivity index (χ2v) is 3.29. The molecule has 1 aromatic carbocycles. The molecule has 0 heterocycles. The van der Waals surface area contributed by atoms with Crippen molar-refractivity contribution in [2.45, 2.75) is 6.92 Å². The molecule has 1 aromatic rings. The van der Waals surface area contributed by atoms with Crippen molar-refractivity contribution in [1.82, 2.24) is 0 Å². The fraction of sp³-hybridized carbons (Fsp3) is 0.364. The van der Waals surface area contributed by atoms with Crippen molar-refractivity contribution < 1.29 is 24.3 Å². The summed E-state index contributed by atoms with van der Waals surface area (Å²) in [7, 11) is 0. The van der Waals surface area contributed by atoms with E-state index in [0.717, 1.165) is 12.1 Å². The lowest BCUT2D eigenvalue weighted by molar-refractivity contribution is -0.385. The number of hydrogen-bond donors (Lipinski definition) is 1. The van der Waals surface area contributed by atoms with Crippen molar-refractivity contribution in [3.05, 3.63) is 33.9 Å². The number of ether oxygens (including phenoxy) is 2. The molecule has 0 spiro atoms. The number of rotatable bonds is 7. The zero-order valence-corrected chi connectivity index (χ0v) is 9.79. The van der Waals surface area contributed by atoms with E-state index in [2.05, 4.69) is 0 Å². The first-order valence-electron chi connectivity index (χ1n) is 5.28. The monoisotopic (exact) mass is 255 g/mol. The zero-order valence-electron chi connectivity index (χ0n) is 9.79. The smallest absolute Gasteiger partial charge is 0.342 e. The molecule has 0 fully saturated rings. The summed E-state index contributed by atoms with van der Waals surface area (Å²) >= 11 is 0. The molecule has 1 N–H and O–H groups in total. The third-order valence-corrected chi connectivity index (χ3v) is 2.10. The van der Waals surface area contributed by atoms with E-state index in [1.807, 2.05) is 6.92 Å². The maximum atomic E-state index is 10.8. The summed E-state index contributed by atoms with van der Waals surface area (Å²) in [6, 6.07) is 3.62. The molecule has 0 aliphatic rings. The molecule has 0 aromatic heterocycles. The van der Waals surface area contributed by atoms with Gasteiger partial charge in [0, 0.05) is 6.61 Å². The number of benzene rings is 1. The molecule has 0 aliphatic heterocycles. The summed E-state index contributed by atoms with van der Waals surface area (Å²) in [6.07, 6.45) is 0. The van der Waals surface area contributed by atoms with Crippen LogP contribution in [0.5, 0.6) is 5.75 Å². The van der Waals surface area contributed by atoms with Crippen molar-refractivity contribution in [3.63, 3.8) is 0 Å². The first-order valence-corrected chi connectivity index (χ1v) is 5.28. The second-order valence-electron chi connectivity index (χ2n) is 3.29. The number of carboxylic acids is 1. The minimum Gasteiger partial charge on any atom is -0.491 e. The Hall–Kier alpha value is -2.15. The Morgan fingerprint density at radius 2 is 2.17 bits per heavy atom. The maximum absolute atomic E-state index is 10.8. The van der Waals surface area contributed by atoms with E-state index < -0.39 is 16.6 Å². The Bertz CT molecular complexity index is 445. The molecule has 0 bridgehead atoms. The quantitative estimate of drug-likeness (QED) is 0.452. The minimum absolute atomic E-state index is 0.242. The number of nitro benzene ring substituents is 1. The largest absolute Gasteiger partial charge is 0.491 e. The van der Waals surface area contributed by atoms with Gasteiger partial charge in [0.1, 0.15) is 17.9 Å². The molecule has 7 heteroatoms. The van der Waals surface area contributed by atoms with Gasteiger partial charge in [-0.05, 0) is 19.1 Å². The SMILES string of the molecule is CCOCCOc1ccc(C(=O)O)c([N+](=O)[O-])c1. The van der Waals surface area contributed by atoms with E-state index >= 15 is 0 Å². The van der Waals surface area contributed by atoms with Gasteiger partial charge in [0.25, 0.3) is 5.69 Å². The van der Waals surface area contributed by atoms with Crippen LogP contribution in [-0.2, 0) is 4.74 Å². The van der Waals surface area contributed by atoms with E-state index in [-0.39, 0.29) is 17.9 Å². The normalized spacial score (nSPS) is 10.1. The molecule has 0 radical (unpaired) electrons. The van der Waals surface area contributed by atoms with Crippen molar-refractivity contribution in [1.29, 1.82) is 0 Å². The number of carboxylic acid groups (broad SMARTS) is 1. The molecular weight excluding hydrogens is 242 g/mol. The Kier molecular flexibility index (Phi) is 5.06. The molecule has 1 rings (SSSR count). The van der Waals surface area contributed by atoms with Crippen LogP contribution in [0.1, 0.15) is 17.3 Å². The summed E-state index contributed by atoms with van der Waals surface area (Å²) in [5.74, 6) is -1.10. The van der Waals surface area contributed by atoms with Crippen LogP contribution in [0.4, 0.5) is 5.69 Å². The van der Waals surface area contributed by atoms with Gasteiger partial charge < -0.3 is 14.6 Å². The van der Waals surface area contributed by atoms with Crippen LogP contribution in [0.3, 0.4) is 0 Å². The van der Waals surface area contributed by atoms with Crippen LogP contribution in [0, 0.1) is 10.1 Å². The molecular formula is C11H13NO6. The van der Waals surface area contributed by atoms with Crippen LogP contribution in [-0.4, -0.2) is 35.8 Å². The highest BCUT2D eigenvalue weighted by Gasteiger charge is 2.20. The van der Waals surface area contributed by atoms with Gasteiger partial charge in [0.2, 0.25) is 0 Å². The second kappa shape index (κ2) is 6.55.